The molecule has 0 saturated carbocycles. The molecule has 1 heterocycles. The number of aryl methyl sites for hydroxylation is 1. The largest absolute Gasteiger partial charge is 0.339 e. The van der Waals surface area contributed by atoms with Gasteiger partial charge in [-0.15, -0.1) is 0 Å². The monoisotopic (exact) mass is 274 g/mol. The Bertz CT molecular complexity index is 427. The van der Waals surface area contributed by atoms with Crippen LogP contribution in [0.3, 0.4) is 0 Å². The highest BCUT2D eigenvalue weighted by atomic mass is 16.2. The van der Waals surface area contributed by atoms with Crippen molar-refractivity contribution in [3.63, 3.8) is 0 Å². The zero-order valence-electron chi connectivity index (χ0n) is 12.8. The van der Waals surface area contributed by atoms with Gasteiger partial charge in [0.15, 0.2) is 0 Å². The highest BCUT2D eigenvalue weighted by molar-refractivity contribution is 5.94. The number of hydrogen-bond donors (Lipinski definition) is 0. The molecule has 0 aliphatic carbocycles. The van der Waals surface area contributed by atoms with Gasteiger partial charge in [0.1, 0.15) is 0 Å². The van der Waals surface area contributed by atoms with Crippen molar-refractivity contribution in [3.8, 4) is 0 Å². The number of hydrogen-bond acceptors (Lipinski definition) is 2. The predicted molar refractivity (Wildman–Crippen MR) is 83.0 cm³/mol. The first kappa shape index (κ1) is 15.0. The fourth-order valence-electron chi connectivity index (χ4n) is 2.74. The molecule has 0 radical (unpaired) electrons. The molecule has 3 heteroatoms. The summed E-state index contributed by atoms with van der Waals surface area (Å²) in [6, 6.07) is 7.93. The second-order valence-electron chi connectivity index (χ2n) is 5.65. The molecule has 0 spiro atoms. The summed E-state index contributed by atoms with van der Waals surface area (Å²) >= 11 is 0. The molecule has 20 heavy (non-hydrogen) atoms. The minimum atomic E-state index is 0.190. The lowest BCUT2D eigenvalue weighted by Crippen LogP contribution is -2.33. The molecule has 0 bridgehead atoms. The van der Waals surface area contributed by atoms with Gasteiger partial charge in [-0.05, 0) is 58.0 Å². The van der Waals surface area contributed by atoms with E-state index in [-0.39, 0.29) is 5.91 Å². The van der Waals surface area contributed by atoms with Gasteiger partial charge in [-0.2, -0.15) is 0 Å². The molecular weight excluding hydrogens is 248 g/mol. The van der Waals surface area contributed by atoms with Gasteiger partial charge in [-0.25, -0.2) is 0 Å². The minimum absolute atomic E-state index is 0.190. The summed E-state index contributed by atoms with van der Waals surface area (Å²) in [6.45, 7) is 9.43. The smallest absolute Gasteiger partial charge is 0.253 e. The number of carbonyl (C=O) groups excluding carboxylic acids is 1. The van der Waals surface area contributed by atoms with Crippen LogP contribution < -0.4 is 0 Å². The van der Waals surface area contributed by atoms with Crippen LogP contribution in [0.1, 0.15) is 42.1 Å². The molecular formula is C17H26N2O. The first-order chi connectivity index (χ1) is 9.70. The molecule has 0 aromatic heterocycles. The molecule has 1 saturated heterocycles. The fourth-order valence-corrected chi connectivity index (χ4v) is 2.74. The van der Waals surface area contributed by atoms with E-state index < -0.39 is 0 Å². The average molecular weight is 274 g/mol. The van der Waals surface area contributed by atoms with Crippen LogP contribution >= 0.6 is 0 Å². The van der Waals surface area contributed by atoms with Gasteiger partial charge in [-0.1, -0.05) is 24.6 Å². The molecule has 3 nitrogen and oxygen atoms in total. The third kappa shape index (κ3) is 4.07. The van der Waals surface area contributed by atoms with Crippen molar-refractivity contribution in [3.05, 3.63) is 35.4 Å². The van der Waals surface area contributed by atoms with Gasteiger partial charge < -0.3 is 9.80 Å². The normalized spacial score (nSPS) is 18.2. The van der Waals surface area contributed by atoms with Crippen molar-refractivity contribution in [2.45, 2.75) is 33.1 Å². The lowest BCUT2D eigenvalue weighted by atomic mass is 10.1. The van der Waals surface area contributed by atoms with Gasteiger partial charge in [0.25, 0.3) is 5.91 Å². The van der Waals surface area contributed by atoms with E-state index in [2.05, 4.69) is 11.8 Å². The third-order valence-electron chi connectivity index (χ3n) is 4.09. The van der Waals surface area contributed by atoms with Crippen molar-refractivity contribution < 1.29 is 4.79 Å². The van der Waals surface area contributed by atoms with Gasteiger partial charge in [0.2, 0.25) is 0 Å². The van der Waals surface area contributed by atoms with E-state index in [4.69, 9.17) is 0 Å². The summed E-state index contributed by atoms with van der Waals surface area (Å²) in [6.07, 6.45) is 3.37. The summed E-state index contributed by atoms with van der Waals surface area (Å²) in [5.74, 6) is 0.190. The van der Waals surface area contributed by atoms with Crippen molar-refractivity contribution >= 4 is 5.91 Å². The predicted octanol–water partition coefficient (Wildman–Crippen LogP) is 2.94. The van der Waals surface area contributed by atoms with Crippen molar-refractivity contribution in [2.24, 2.45) is 0 Å². The number of nitrogens with zero attached hydrogens (tertiary/aromatic N) is 2. The zero-order chi connectivity index (χ0) is 14.4. The summed E-state index contributed by atoms with van der Waals surface area (Å²) in [5, 5.41) is 0. The maximum atomic E-state index is 12.6. The zero-order valence-corrected chi connectivity index (χ0v) is 12.8. The Balaban J connectivity index is 1.99. The molecule has 110 valence electrons. The highest BCUT2D eigenvalue weighted by Crippen LogP contribution is 2.11. The SMILES string of the molecule is CCN1CCCCN(C(=O)c2ccc(C)cc2)CCC1. The van der Waals surface area contributed by atoms with Crippen molar-refractivity contribution in [2.75, 3.05) is 32.7 Å². The molecule has 1 aromatic rings. The van der Waals surface area contributed by atoms with Crippen LogP contribution in [0.25, 0.3) is 0 Å². The van der Waals surface area contributed by atoms with Crippen LogP contribution in [0.4, 0.5) is 0 Å². The summed E-state index contributed by atoms with van der Waals surface area (Å²) in [4.78, 5) is 17.1. The van der Waals surface area contributed by atoms with Crippen molar-refractivity contribution in [1.82, 2.24) is 9.80 Å². The summed E-state index contributed by atoms with van der Waals surface area (Å²) in [5.41, 5.74) is 2.02. The topological polar surface area (TPSA) is 23.6 Å². The quantitative estimate of drug-likeness (QED) is 0.828. The summed E-state index contributed by atoms with van der Waals surface area (Å²) < 4.78 is 0. The van der Waals surface area contributed by atoms with Crippen LogP contribution in [-0.2, 0) is 0 Å². The van der Waals surface area contributed by atoms with Gasteiger partial charge in [0, 0.05) is 18.7 Å². The third-order valence-corrected chi connectivity index (χ3v) is 4.09. The van der Waals surface area contributed by atoms with Gasteiger partial charge >= 0.3 is 0 Å². The minimum Gasteiger partial charge on any atom is -0.339 e. The van der Waals surface area contributed by atoms with Crippen LogP contribution in [0, 0.1) is 6.92 Å². The Hall–Kier alpha value is -1.35. The fraction of sp³-hybridized carbons (Fsp3) is 0.588. The maximum Gasteiger partial charge on any atom is 0.253 e. The number of carbonyl (C=O) groups is 1. The van der Waals surface area contributed by atoms with Crippen LogP contribution in [0.15, 0.2) is 24.3 Å². The maximum absolute atomic E-state index is 12.6. The van der Waals surface area contributed by atoms with E-state index in [9.17, 15) is 4.79 Å². The Morgan fingerprint density at radius 2 is 1.60 bits per heavy atom. The standard InChI is InChI=1S/C17H26N2O/c1-3-18-11-4-5-13-19(14-6-12-18)17(20)16-9-7-15(2)8-10-16/h7-10H,3-6,11-14H2,1-2H3. The molecule has 1 aliphatic heterocycles. The molecule has 0 N–H and O–H groups in total. The molecule has 2 rings (SSSR count). The van der Waals surface area contributed by atoms with E-state index in [0.717, 1.165) is 44.6 Å². The molecule has 1 amide bonds. The Labute approximate surface area is 122 Å². The van der Waals surface area contributed by atoms with E-state index in [1.807, 2.05) is 36.1 Å². The van der Waals surface area contributed by atoms with Crippen LogP contribution in [0.5, 0.6) is 0 Å². The number of rotatable bonds is 2. The lowest BCUT2D eigenvalue weighted by molar-refractivity contribution is 0.0752. The van der Waals surface area contributed by atoms with E-state index in [1.165, 1.54) is 18.5 Å². The average Bonchev–Trinajstić information content (AvgIpc) is 2.59. The second-order valence-corrected chi connectivity index (χ2v) is 5.65. The van der Waals surface area contributed by atoms with Gasteiger partial charge in [-0.3, -0.25) is 4.79 Å². The molecule has 1 aromatic carbocycles. The van der Waals surface area contributed by atoms with Crippen LogP contribution in [-0.4, -0.2) is 48.4 Å². The first-order valence-corrected chi connectivity index (χ1v) is 7.79. The lowest BCUT2D eigenvalue weighted by Gasteiger charge is -2.22. The number of amides is 1. The van der Waals surface area contributed by atoms with Crippen molar-refractivity contribution in [1.29, 1.82) is 0 Å². The molecule has 0 atom stereocenters. The highest BCUT2D eigenvalue weighted by Gasteiger charge is 2.17. The molecule has 0 unspecified atom stereocenters. The van der Waals surface area contributed by atoms with E-state index in [0.29, 0.717) is 0 Å². The Morgan fingerprint density at radius 1 is 1.00 bits per heavy atom. The molecule has 1 fully saturated rings. The van der Waals surface area contributed by atoms with Crippen LogP contribution in [0.2, 0.25) is 0 Å². The van der Waals surface area contributed by atoms with E-state index >= 15 is 0 Å². The molecule has 1 aliphatic rings. The van der Waals surface area contributed by atoms with Gasteiger partial charge in [0.05, 0.1) is 0 Å². The Morgan fingerprint density at radius 3 is 2.30 bits per heavy atom. The second kappa shape index (κ2) is 7.44. The number of benzene rings is 1. The van der Waals surface area contributed by atoms with E-state index in [1.54, 1.807) is 0 Å². The Kier molecular flexibility index (Phi) is 5.60. The first-order valence-electron chi connectivity index (χ1n) is 7.79. The summed E-state index contributed by atoms with van der Waals surface area (Å²) in [7, 11) is 0.